The molecule has 5 rings (SSSR count). The van der Waals surface area contributed by atoms with Gasteiger partial charge in [-0.1, -0.05) is 30.3 Å². The van der Waals surface area contributed by atoms with E-state index in [1.807, 2.05) is 54.6 Å². The molecule has 35 heavy (non-hydrogen) atoms. The zero-order chi connectivity index (χ0) is 24.4. The zero-order valence-corrected chi connectivity index (χ0v) is 19.6. The Kier molecular flexibility index (Phi) is 6.15. The smallest absolute Gasteiger partial charge is 0.270 e. The van der Waals surface area contributed by atoms with Crippen LogP contribution in [0.2, 0.25) is 0 Å². The summed E-state index contributed by atoms with van der Waals surface area (Å²) in [6.07, 6.45) is 1.75. The largest absolute Gasteiger partial charge is 0.497 e. The van der Waals surface area contributed by atoms with Crippen LogP contribution in [0.1, 0.15) is 29.1 Å². The number of pyridine rings is 1. The number of aromatic nitrogens is 1. The number of furan rings is 1. The van der Waals surface area contributed by atoms with Gasteiger partial charge in [0.15, 0.2) is 5.11 Å². The Morgan fingerprint density at radius 2 is 1.94 bits per heavy atom. The number of nitro benzene ring substituents is 1. The van der Waals surface area contributed by atoms with Crippen molar-refractivity contribution in [3.63, 3.8) is 0 Å². The second kappa shape index (κ2) is 9.55. The summed E-state index contributed by atoms with van der Waals surface area (Å²) >= 11 is 5.73. The van der Waals surface area contributed by atoms with E-state index in [4.69, 9.17) is 21.4 Å². The lowest BCUT2D eigenvalue weighted by molar-refractivity contribution is -0.384. The van der Waals surface area contributed by atoms with Crippen molar-refractivity contribution in [1.82, 2.24) is 15.2 Å². The van der Waals surface area contributed by atoms with Crippen LogP contribution in [-0.4, -0.2) is 27.0 Å². The van der Waals surface area contributed by atoms with Crippen molar-refractivity contribution >= 4 is 23.0 Å². The highest BCUT2D eigenvalue weighted by molar-refractivity contribution is 7.80. The first-order chi connectivity index (χ1) is 17.0. The van der Waals surface area contributed by atoms with Gasteiger partial charge in [-0.25, -0.2) is 0 Å². The van der Waals surface area contributed by atoms with Gasteiger partial charge in [0.05, 0.1) is 23.8 Å². The van der Waals surface area contributed by atoms with Crippen LogP contribution in [0.5, 0.6) is 5.75 Å². The number of hydrogen-bond acceptors (Lipinski definition) is 6. The number of nitrogens with one attached hydrogen (secondary N) is 1. The Morgan fingerprint density at radius 3 is 2.66 bits per heavy atom. The van der Waals surface area contributed by atoms with E-state index in [1.54, 1.807) is 25.4 Å². The Balaban J connectivity index is 1.51. The maximum Gasteiger partial charge on any atom is 0.270 e. The second-order valence-electron chi connectivity index (χ2n) is 8.11. The quantitative estimate of drug-likeness (QED) is 0.210. The van der Waals surface area contributed by atoms with E-state index in [9.17, 15) is 10.1 Å². The number of thiocarbonyl (C=S) groups is 1. The van der Waals surface area contributed by atoms with Crippen molar-refractivity contribution in [2.24, 2.45) is 0 Å². The molecule has 2 aromatic heterocycles. The van der Waals surface area contributed by atoms with Crippen LogP contribution in [0.4, 0.5) is 5.69 Å². The number of rotatable bonds is 7. The van der Waals surface area contributed by atoms with Gasteiger partial charge < -0.3 is 19.4 Å². The topological polar surface area (TPSA) is 93.7 Å². The molecule has 0 saturated carbocycles. The summed E-state index contributed by atoms with van der Waals surface area (Å²) in [6.45, 7) is 0.552. The van der Waals surface area contributed by atoms with Gasteiger partial charge in [0.1, 0.15) is 23.3 Å². The lowest BCUT2D eigenvalue weighted by Gasteiger charge is -2.26. The molecule has 2 atom stereocenters. The Morgan fingerprint density at radius 1 is 1.11 bits per heavy atom. The van der Waals surface area contributed by atoms with Crippen molar-refractivity contribution in [2.75, 3.05) is 7.11 Å². The first-order valence-electron chi connectivity index (χ1n) is 11.0. The Labute approximate surface area is 207 Å². The maximum absolute atomic E-state index is 11.2. The molecule has 1 fully saturated rings. The first kappa shape index (κ1) is 22.5. The molecule has 0 radical (unpaired) electrons. The fourth-order valence-electron chi connectivity index (χ4n) is 4.25. The average molecular weight is 487 g/mol. The standard InChI is InChI=1S/C26H22N4O4S/c1-33-20-10-8-17(9-11-20)16-29-25(24(28-26(29)35)21-7-2-3-14-27-21)23-13-12-22(34-23)18-5-4-6-19(15-18)30(31)32/h2-15,24-25H,16H2,1H3,(H,28,35). The van der Waals surface area contributed by atoms with Crippen molar-refractivity contribution in [3.05, 3.63) is 112 Å². The van der Waals surface area contributed by atoms with E-state index in [1.165, 1.54) is 12.1 Å². The number of methoxy groups -OCH3 is 1. The fraction of sp³-hybridized carbons (Fsp3) is 0.154. The van der Waals surface area contributed by atoms with Gasteiger partial charge in [-0.15, -0.1) is 0 Å². The van der Waals surface area contributed by atoms with Gasteiger partial charge in [0.2, 0.25) is 0 Å². The Hall–Kier alpha value is -4.24. The average Bonchev–Trinajstić information content (AvgIpc) is 3.50. The van der Waals surface area contributed by atoms with Crippen LogP contribution in [0.3, 0.4) is 0 Å². The third-order valence-electron chi connectivity index (χ3n) is 5.97. The minimum atomic E-state index is -0.416. The molecule has 2 aromatic carbocycles. The van der Waals surface area contributed by atoms with Crippen LogP contribution in [-0.2, 0) is 6.54 Å². The van der Waals surface area contributed by atoms with Gasteiger partial charge >= 0.3 is 0 Å². The molecule has 9 heteroatoms. The lowest BCUT2D eigenvalue weighted by atomic mass is 10.0. The van der Waals surface area contributed by atoms with E-state index < -0.39 is 4.92 Å². The van der Waals surface area contributed by atoms with Gasteiger partial charge in [-0.05, 0) is 54.2 Å². The SMILES string of the molecule is COc1ccc(CN2C(=S)NC(c3ccccn3)C2c2ccc(-c3cccc([N+](=O)[O-])c3)o2)cc1. The van der Waals surface area contributed by atoms with E-state index in [0.29, 0.717) is 28.7 Å². The van der Waals surface area contributed by atoms with E-state index in [2.05, 4.69) is 15.2 Å². The van der Waals surface area contributed by atoms with Gasteiger partial charge in [0.25, 0.3) is 5.69 Å². The number of non-ortho nitro benzene ring substituents is 1. The molecule has 1 N–H and O–H groups in total. The minimum absolute atomic E-state index is 0.0108. The summed E-state index contributed by atoms with van der Waals surface area (Å²) in [5, 5.41) is 15.2. The molecule has 0 amide bonds. The van der Waals surface area contributed by atoms with E-state index in [0.717, 1.165) is 17.0 Å². The number of hydrogen-bond donors (Lipinski definition) is 1. The zero-order valence-electron chi connectivity index (χ0n) is 18.8. The highest BCUT2D eigenvalue weighted by atomic mass is 32.1. The van der Waals surface area contributed by atoms with Gasteiger partial charge in [0, 0.05) is 30.4 Å². The third kappa shape index (κ3) is 4.58. The summed E-state index contributed by atoms with van der Waals surface area (Å²) in [5.74, 6) is 2.01. The molecule has 4 aromatic rings. The number of nitro groups is 1. The van der Waals surface area contributed by atoms with Crippen LogP contribution < -0.4 is 10.1 Å². The van der Waals surface area contributed by atoms with Gasteiger partial charge in [-0.2, -0.15) is 0 Å². The first-order valence-corrected chi connectivity index (χ1v) is 11.4. The fourth-order valence-corrected chi connectivity index (χ4v) is 4.56. The van der Waals surface area contributed by atoms with Crippen LogP contribution >= 0.6 is 12.2 Å². The molecule has 0 spiro atoms. The normalized spacial score (nSPS) is 17.3. The number of nitrogens with zero attached hydrogens (tertiary/aromatic N) is 3. The minimum Gasteiger partial charge on any atom is -0.497 e. The van der Waals surface area contributed by atoms with Crippen molar-refractivity contribution in [3.8, 4) is 17.1 Å². The van der Waals surface area contributed by atoms with E-state index >= 15 is 0 Å². The van der Waals surface area contributed by atoms with Crippen LogP contribution in [0, 0.1) is 10.1 Å². The summed E-state index contributed by atoms with van der Waals surface area (Å²) in [7, 11) is 1.64. The molecule has 1 aliphatic heterocycles. The summed E-state index contributed by atoms with van der Waals surface area (Å²) in [6, 6.07) is 23.2. The molecule has 1 aliphatic rings. The summed E-state index contributed by atoms with van der Waals surface area (Å²) in [5.41, 5.74) is 2.55. The molecule has 0 bridgehead atoms. The van der Waals surface area contributed by atoms with E-state index in [-0.39, 0.29) is 17.8 Å². The summed E-state index contributed by atoms with van der Waals surface area (Å²) < 4.78 is 11.6. The monoisotopic (exact) mass is 486 g/mol. The van der Waals surface area contributed by atoms with Gasteiger partial charge in [-0.3, -0.25) is 15.1 Å². The molecule has 1 saturated heterocycles. The molecule has 0 aliphatic carbocycles. The molecule has 8 nitrogen and oxygen atoms in total. The van der Waals surface area contributed by atoms with Crippen molar-refractivity contribution in [2.45, 2.75) is 18.6 Å². The maximum atomic E-state index is 11.2. The lowest BCUT2D eigenvalue weighted by Crippen LogP contribution is -2.29. The predicted molar refractivity (Wildman–Crippen MR) is 135 cm³/mol. The Bertz CT molecular complexity index is 1360. The molecule has 2 unspecified atom stereocenters. The van der Waals surface area contributed by atoms with Crippen LogP contribution in [0.15, 0.2) is 89.5 Å². The predicted octanol–water partition coefficient (Wildman–Crippen LogP) is 5.43. The second-order valence-corrected chi connectivity index (χ2v) is 8.50. The van der Waals surface area contributed by atoms with Crippen LogP contribution in [0.25, 0.3) is 11.3 Å². The summed E-state index contributed by atoms with van der Waals surface area (Å²) in [4.78, 5) is 17.4. The molecular weight excluding hydrogens is 464 g/mol. The third-order valence-corrected chi connectivity index (χ3v) is 6.32. The highest BCUT2D eigenvalue weighted by Crippen LogP contribution is 2.41. The van der Waals surface area contributed by atoms with Crippen molar-refractivity contribution in [1.29, 1.82) is 0 Å². The number of benzene rings is 2. The molecule has 3 heterocycles. The molecule has 176 valence electrons. The van der Waals surface area contributed by atoms with Crippen molar-refractivity contribution < 1.29 is 14.1 Å². The highest BCUT2D eigenvalue weighted by Gasteiger charge is 2.41. The molecular formula is C26H22N4O4S. The number of ether oxygens (including phenoxy) is 1.